The van der Waals surface area contributed by atoms with Crippen LogP contribution in [0, 0.1) is 6.92 Å². The maximum Gasteiger partial charge on any atom is 0.422 e. The lowest BCUT2D eigenvalue weighted by molar-refractivity contribution is -0.153. The first-order valence-electron chi connectivity index (χ1n) is 7.58. The summed E-state index contributed by atoms with van der Waals surface area (Å²) in [6, 6.07) is 4.20. The van der Waals surface area contributed by atoms with Crippen LogP contribution in [0.2, 0.25) is 0 Å². The second-order valence-corrected chi connectivity index (χ2v) is 8.15. The second kappa shape index (κ2) is 7.51. The number of aryl methyl sites for hydroxylation is 1. The molecule has 0 spiro atoms. The lowest BCUT2D eigenvalue weighted by Gasteiger charge is -2.16. The second-order valence-electron chi connectivity index (χ2n) is 5.92. The standard InChI is InChI=1S/C15H19F3N2O4S/c1-10-2-3-12(13(6-10)24-9-15(16,17)18)19-7-14(21)20-11-4-5-25(22,23)8-11/h2-3,6,11,19H,4-5,7-9H2,1H3,(H,20,21). The Morgan fingerprint density at radius 3 is 2.68 bits per heavy atom. The maximum atomic E-state index is 12.3. The Bertz CT molecular complexity index is 735. The zero-order chi connectivity index (χ0) is 18.7. The highest BCUT2D eigenvalue weighted by atomic mass is 32.2. The van der Waals surface area contributed by atoms with Crippen molar-refractivity contribution in [2.45, 2.75) is 25.6 Å². The average molecular weight is 380 g/mol. The Labute approximate surface area is 143 Å². The molecular formula is C15H19F3N2O4S. The van der Waals surface area contributed by atoms with Gasteiger partial charge in [0, 0.05) is 6.04 Å². The molecule has 10 heteroatoms. The van der Waals surface area contributed by atoms with E-state index in [-0.39, 0.29) is 29.5 Å². The number of rotatable bonds is 6. The van der Waals surface area contributed by atoms with Gasteiger partial charge in [0.1, 0.15) is 5.75 Å². The molecule has 0 saturated carbocycles. The van der Waals surface area contributed by atoms with Crippen molar-refractivity contribution in [3.63, 3.8) is 0 Å². The fourth-order valence-electron chi connectivity index (χ4n) is 2.42. The van der Waals surface area contributed by atoms with Crippen LogP contribution in [0.4, 0.5) is 18.9 Å². The molecule has 1 amide bonds. The average Bonchev–Trinajstić information content (AvgIpc) is 2.82. The molecule has 1 atom stereocenters. The first-order chi connectivity index (χ1) is 11.5. The molecule has 0 bridgehead atoms. The molecule has 1 aliphatic rings. The molecule has 0 radical (unpaired) electrons. The number of nitrogens with one attached hydrogen (secondary N) is 2. The van der Waals surface area contributed by atoms with Gasteiger partial charge in [-0.05, 0) is 31.0 Å². The van der Waals surface area contributed by atoms with Crippen molar-refractivity contribution in [1.29, 1.82) is 0 Å². The third-order valence-electron chi connectivity index (χ3n) is 3.57. The molecule has 2 rings (SSSR count). The zero-order valence-electron chi connectivity index (χ0n) is 13.5. The van der Waals surface area contributed by atoms with Gasteiger partial charge in [0.2, 0.25) is 5.91 Å². The lowest BCUT2D eigenvalue weighted by atomic mass is 10.2. The number of ether oxygens (including phenoxy) is 1. The molecule has 1 heterocycles. The van der Waals surface area contributed by atoms with Crippen molar-refractivity contribution in [2.75, 3.05) is 30.0 Å². The number of anilines is 1. The highest BCUT2D eigenvalue weighted by Crippen LogP contribution is 2.27. The van der Waals surface area contributed by atoms with Gasteiger partial charge in [0.05, 0.1) is 23.7 Å². The molecule has 1 aromatic rings. The van der Waals surface area contributed by atoms with E-state index in [2.05, 4.69) is 10.6 Å². The van der Waals surface area contributed by atoms with Crippen LogP contribution in [0.25, 0.3) is 0 Å². The minimum atomic E-state index is -4.47. The predicted octanol–water partition coefficient (Wildman–Crippen LogP) is 1.65. The largest absolute Gasteiger partial charge is 0.482 e. The Kier molecular flexibility index (Phi) is 5.81. The molecule has 1 unspecified atom stereocenters. The van der Waals surface area contributed by atoms with Gasteiger partial charge >= 0.3 is 6.18 Å². The van der Waals surface area contributed by atoms with Crippen LogP contribution in [0.3, 0.4) is 0 Å². The summed E-state index contributed by atoms with van der Waals surface area (Å²) < 4.78 is 64.4. The zero-order valence-corrected chi connectivity index (χ0v) is 14.3. The van der Waals surface area contributed by atoms with E-state index in [0.29, 0.717) is 12.0 Å². The summed E-state index contributed by atoms with van der Waals surface area (Å²) in [5.41, 5.74) is 0.965. The number of sulfone groups is 1. The van der Waals surface area contributed by atoms with Crippen LogP contribution >= 0.6 is 0 Å². The van der Waals surface area contributed by atoms with Crippen molar-refractivity contribution in [2.24, 2.45) is 0 Å². The van der Waals surface area contributed by atoms with E-state index < -0.39 is 34.6 Å². The normalized spacial score (nSPS) is 19.4. The molecule has 1 saturated heterocycles. The van der Waals surface area contributed by atoms with E-state index in [1.165, 1.54) is 12.1 Å². The Balaban J connectivity index is 1.92. The number of alkyl halides is 3. The van der Waals surface area contributed by atoms with E-state index in [9.17, 15) is 26.4 Å². The van der Waals surface area contributed by atoms with Gasteiger partial charge in [0.15, 0.2) is 16.4 Å². The molecule has 1 fully saturated rings. The quantitative estimate of drug-likeness (QED) is 0.784. The summed E-state index contributed by atoms with van der Waals surface area (Å²) in [6.45, 7) is 0.0662. The van der Waals surface area contributed by atoms with Gasteiger partial charge in [-0.25, -0.2) is 8.42 Å². The van der Waals surface area contributed by atoms with Crippen molar-refractivity contribution in [3.8, 4) is 5.75 Å². The molecule has 140 valence electrons. The molecule has 1 aromatic carbocycles. The van der Waals surface area contributed by atoms with Crippen molar-refractivity contribution >= 4 is 21.4 Å². The van der Waals surface area contributed by atoms with Gasteiger partial charge in [0.25, 0.3) is 0 Å². The maximum absolute atomic E-state index is 12.3. The van der Waals surface area contributed by atoms with Crippen molar-refractivity contribution in [1.82, 2.24) is 5.32 Å². The minimum absolute atomic E-state index is 0.00595. The van der Waals surface area contributed by atoms with Crippen LogP contribution in [0.5, 0.6) is 5.75 Å². The topological polar surface area (TPSA) is 84.5 Å². The Morgan fingerprint density at radius 2 is 2.08 bits per heavy atom. The predicted molar refractivity (Wildman–Crippen MR) is 86.4 cm³/mol. The number of benzene rings is 1. The molecule has 0 aliphatic carbocycles. The van der Waals surface area contributed by atoms with Crippen molar-refractivity contribution < 1.29 is 31.1 Å². The van der Waals surface area contributed by atoms with E-state index in [0.717, 1.165) is 0 Å². The van der Waals surface area contributed by atoms with Gasteiger partial charge in [-0.2, -0.15) is 13.2 Å². The summed E-state index contributed by atoms with van der Waals surface area (Å²) in [5.74, 6) is -0.500. The summed E-state index contributed by atoms with van der Waals surface area (Å²) in [7, 11) is -3.10. The van der Waals surface area contributed by atoms with E-state index in [1.54, 1.807) is 13.0 Å². The van der Waals surface area contributed by atoms with E-state index >= 15 is 0 Å². The number of halogens is 3. The molecule has 25 heavy (non-hydrogen) atoms. The fraction of sp³-hybridized carbons (Fsp3) is 0.533. The van der Waals surface area contributed by atoms with Gasteiger partial charge in [-0.1, -0.05) is 6.07 Å². The van der Waals surface area contributed by atoms with Crippen LogP contribution < -0.4 is 15.4 Å². The first-order valence-corrected chi connectivity index (χ1v) is 9.40. The minimum Gasteiger partial charge on any atom is -0.482 e. The highest BCUT2D eigenvalue weighted by Gasteiger charge is 2.30. The molecule has 0 aromatic heterocycles. The summed E-state index contributed by atoms with van der Waals surface area (Å²) in [6.07, 6.45) is -4.11. The number of hydrogen-bond donors (Lipinski definition) is 2. The third-order valence-corrected chi connectivity index (χ3v) is 5.33. The Morgan fingerprint density at radius 1 is 1.36 bits per heavy atom. The van der Waals surface area contributed by atoms with Gasteiger partial charge < -0.3 is 15.4 Å². The third kappa shape index (κ3) is 6.45. The first kappa shape index (κ1) is 19.4. The summed E-state index contributed by atoms with van der Waals surface area (Å²) in [5, 5.41) is 5.31. The van der Waals surface area contributed by atoms with Crippen LogP contribution in [-0.2, 0) is 14.6 Å². The van der Waals surface area contributed by atoms with Crippen LogP contribution in [0.15, 0.2) is 18.2 Å². The summed E-state index contributed by atoms with van der Waals surface area (Å²) >= 11 is 0. The van der Waals surface area contributed by atoms with Crippen molar-refractivity contribution in [3.05, 3.63) is 23.8 Å². The molecular weight excluding hydrogens is 361 g/mol. The number of amides is 1. The lowest BCUT2D eigenvalue weighted by Crippen LogP contribution is -2.39. The number of carbonyl (C=O) groups excluding carboxylic acids is 1. The Hall–Kier alpha value is -1.97. The number of carbonyl (C=O) groups is 1. The van der Waals surface area contributed by atoms with Crippen LogP contribution in [0.1, 0.15) is 12.0 Å². The van der Waals surface area contributed by atoms with Crippen LogP contribution in [-0.4, -0.2) is 51.2 Å². The smallest absolute Gasteiger partial charge is 0.422 e. The SMILES string of the molecule is Cc1ccc(NCC(=O)NC2CCS(=O)(=O)C2)c(OCC(F)(F)F)c1. The van der Waals surface area contributed by atoms with E-state index in [1.807, 2.05) is 0 Å². The van der Waals surface area contributed by atoms with Gasteiger partial charge in [-0.15, -0.1) is 0 Å². The van der Waals surface area contributed by atoms with Gasteiger partial charge in [-0.3, -0.25) is 4.79 Å². The highest BCUT2D eigenvalue weighted by molar-refractivity contribution is 7.91. The molecule has 6 nitrogen and oxygen atoms in total. The van der Waals surface area contributed by atoms with E-state index in [4.69, 9.17) is 4.74 Å². The molecule has 2 N–H and O–H groups in total. The molecule has 1 aliphatic heterocycles. The fourth-order valence-corrected chi connectivity index (χ4v) is 4.09. The monoisotopic (exact) mass is 380 g/mol. The number of hydrogen-bond acceptors (Lipinski definition) is 5. The summed E-state index contributed by atoms with van der Waals surface area (Å²) in [4.78, 5) is 11.9.